The summed E-state index contributed by atoms with van der Waals surface area (Å²) in [4.78, 5) is 12.1. The lowest BCUT2D eigenvalue weighted by Gasteiger charge is -2.04. The molecule has 0 radical (unpaired) electrons. The fourth-order valence-corrected chi connectivity index (χ4v) is 2.70. The molecule has 0 bridgehead atoms. The second-order valence-electron chi connectivity index (χ2n) is 3.44. The highest BCUT2D eigenvalue weighted by atomic mass is 127. The fourth-order valence-electron chi connectivity index (χ4n) is 1.38. The van der Waals surface area contributed by atoms with Crippen LogP contribution in [0.2, 0.25) is 0 Å². The molecule has 17 heavy (non-hydrogen) atoms. The molecule has 3 nitrogen and oxygen atoms in total. The van der Waals surface area contributed by atoms with Crippen LogP contribution in [-0.2, 0) is 6.54 Å². The summed E-state index contributed by atoms with van der Waals surface area (Å²) in [5.41, 5.74) is 1.04. The van der Waals surface area contributed by atoms with Gasteiger partial charge in [0.2, 0.25) is 0 Å². The summed E-state index contributed by atoms with van der Waals surface area (Å²) in [5.74, 6) is -0.865. The molecule has 0 unspecified atom stereocenters. The summed E-state index contributed by atoms with van der Waals surface area (Å²) in [6, 6.07) is 11.5. The number of carboxylic acids is 1. The van der Waals surface area contributed by atoms with Gasteiger partial charge in [-0.15, -0.1) is 11.3 Å². The smallest absolute Gasteiger partial charge is 0.345 e. The molecule has 0 atom stereocenters. The van der Waals surface area contributed by atoms with Gasteiger partial charge in [-0.2, -0.15) is 0 Å². The number of thiophene rings is 1. The first kappa shape index (κ1) is 12.4. The van der Waals surface area contributed by atoms with Crippen molar-refractivity contribution in [2.24, 2.45) is 0 Å². The van der Waals surface area contributed by atoms with Crippen LogP contribution < -0.4 is 5.32 Å². The standard InChI is InChI=1S/C12H10INO2S/c13-8-2-1-3-9(6-8)14-7-10-4-5-11(17-10)12(15)16/h1-6,14H,7H2,(H,15,16). The maximum Gasteiger partial charge on any atom is 0.345 e. The van der Waals surface area contributed by atoms with Gasteiger partial charge in [0.05, 0.1) is 0 Å². The summed E-state index contributed by atoms with van der Waals surface area (Å²) in [6.07, 6.45) is 0. The van der Waals surface area contributed by atoms with Crippen LogP contribution in [0.5, 0.6) is 0 Å². The van der Waals surface area contributed by atoms with Gasteiger partial charge in [0, 0.05) is 20.7 Å². The van der Waals surface area contributed by atoms with E-state index >= 15 is 0 Å². The van der Waals surface area contributed by atoms with Crippen LogP contribution >= 0.6 is 33.9 Å². The first-order valence-corrected chi connectivity index (χ1v) is 6.86. The van der Waals surface area contributed by atoms with Crippen molar-refractivity contribution in [1.29, 1.82) is 0 Å². The molecule has 0 aliphatic rings. The third kappa shape index (κ3) is 3.44. The third-order valence-electron chi connectivity index (χ3n) is 2.16. The zero-order valence-corrected chi connectivity index (χ0v) is 11.8. The Balaban J connectivity index is 2.00. The van der Waals surface area contributed by atoms with E-state index in [4.69, 9.17) is 5.11 Å². The van der Waals surface area contributed by atoms with E-state index in [0.29, 0.717) is 11.4 Å². The maximum atomic E-state index is 10.7. The highest BCUT2D eigenvalue weighted by Gasteiger charge is 2.06. The number of halogens is 1. The van der Waals surface area contributed by atoms with E-state index in [-0.39, 0.29) is 0 Å². The molecule has 1 heterocycles. The summed E-state index contributed by atoms with van der Waals surface area (Å²) in [5, 5.41) is 12.1. The Kier molecular flexibility index (Phi) is 4.01. The van der Waals surface area contributed by atoms with Gasteiger partial charge >= 0.3 is 5.97 Å². The van der Waals surface area contributed by atoms with Crippen LogP contribution in [-0.4, -0.2) is 11.1 Å². The zero-order chi connectivity index (χ0) is 12.3. The quantitative estimate of drug-likeness (QED) is 0.820. The van der Waals surface area contributed by atoms with Crippen molar-refractivity contribution >= 4 is 45.6 Å². The second kappa shape index (κ2) is 5.50. The highest BCUT2D eigenvalue weighted by Crippen LogP contribution is 2.19. The second-order valence-corrected chi connectivity index (χ2v) is 5.85. The van der Waals surface area contributed by atoms with Gasteiger partial charge in [-0.1, -0.05) is 6.07 Å². The largest absolute Gasteiger partial charge is 0.477 e. The summed E-state index contributed by atoms with van der Waals surface area (Å²) in [6.45, 7) is 0.651. The Bertz CT molecular complexity index is 539. The van der Waals surface area contributed by atoms with Crippen LogP contribution in [0.25, 0.3) is 0 Å². The molecule has 0 fully saturated rings. The predicted molar refractivity (Wildman–Crippen MR) is 77.8 cm³/mol. The lowest BCUT2D eigenvalue weighted by molar-refractivity contribution is 0.0702. The van der Waals surface area contributed by atoms with Crippen molar-refractivity contribution in [1.82, 2.24) is 0 Å². The van der Waals surface area contributed by atoms with E-state index in [1.807, 2.05) is 30.3 Å². The summed E-state index contributed by atoms with van der Waals surface area (Å²) >= 11 is 3.56. The molecule has 0 aliphatic heterocycles. The summed E-state index contributed by atoms with van der Waals surface area (Å²) < 4.78 is 1.17. The molecule has 1 aromatic heterocycles. The number of nitrogens with one attached hydrogen (secondary N) is 1. The molecular weight excluding hydrogens is 349 g/mol. The van der Waals surface area contributed by atoms with Crippen molar-refractivity contribution in [3.05, 3.63) is 49.7 Å². The summed E-state index contributed by atoms with van der Waals surface area (Å²) in [7, 11) is 0. The molecule has 0 amide bonds. The molecule has 0 spiro atoms. The molecule has 1 aromatic carbocycles. The number of carboxylic acid groups (broad SMARTS) is 1. The van der Waals surface area contributed by atoms with Gasteiger partial charge < -0.3 is 10.4 Å². The molecule has 0 aliphatic carbocycles. The van der Waals surface area contributed by atoms with Crippen molar-refractivity contribution in [3.8, 4) is 0 Å². The molecule has 2 N–H and O–H groups in total. The minimum absolute atomic E-state index is 0.379. The van der Waals surface area contributed by atoms with Crippen LogP contribution in [0.3, 0.4) is 0 Å². The van der Waals surface area contributed by atoms with E-state index in [1.165, 1.54) is 14.9 Å². The molecule has 2 rings (SSSR count). The molecule has 0 saturated carbocycles. The number of carbonyl (C=O) groups is 1. The zero-order valence-electron chi connectivity index (χ0n) is 8.81. The SMILES string of the molecule is O=C(O)c1ccc(CNc2cccc(I)c2)s1. The number of benzene rings is 1. The molecule has 0 saturated heterocycles. The normalized spacial score (nSPS) is 10.2. The average molecular weight is 359 g/mol. The van der Waals surface area contributed by atoms with Gasteiger partial charge in [0.1, 0.15) is 4.88 Å². The fraction of sp³-hybridized carbons (Fsp3) is 0.0833. The van der Waals surface area contributed by atoms with Gasteiger partial charge in [0.15, 0.2) is 0 Å². The van der Waals surface area contributed by atoms with Gasteiger partial charge in [-0.3, -0.25) is 0 Å². The van der Waals surface area contributed by atoms with E-state index < -0.39 is 5.97 Å². The van der Waals surface area contributed by atoms with Crippen molar-refractivity contribution in [3.63, 3.8) is 0 Å². The molecule has 5 heteroatoms. The van der Waals surface area contributed by atoms with E-state index in [2.05, 4.69) is 27.9 Å². The lowest BCUT2D eigenvalue weighted by atomic mass is 10.3. The number of aromatic carboxylic acids is 1. The Morgan fingerprint density at radius 1 is 1.35 bits per heavy atom. The number of hydrogen-bond donors (Lipinski definition) is 2. The van der Waals surface area contributed by atoms with Crippen molar-refractivity contribution in [2.45, 2.75) is 6.54 Å². The monoisotopic (exact) mass is 359 g/mol. The van der Waals surface area contributed by atoms with Gasteiger partial charge in [-0.25, -0.2) is 4.79 Å². The Labute approximate surface area is 117 Å². The third-order valence-corrected chi connectivity index (χ3v) is 3.91. The Hall–Kier alpha value is -1.08. The topological polar surface area (TPSA) is 49.3 Å². The van der Waals surface area contributed by atoms with Crippen molar-refractivity contribution in [2.75, 3.05) is 5.32 Å². The van der Waals surface area contributed by atoms with E-state index in [0.717, 1.165) is 10.6 Å². The Morgan fingerprint density at radius 2 is 2.18 bits per heavy atom. The lowest BCUT2D eigenvalue weighted by Crippen LogP contribution is -1.97. The first-order valence-electron chi connectivity index (χ1n) is 4.96. The average Bonchev–Trinajstić information content (AvgIpc) is 2.75. The van der Waals surface area contributed by atoms with Crippen LogP contribution in [0.4, 0.5) is 5.69 Å². The first-order chi connectivity index (χ1) is 8.15. The van der Waals surface area contributed by atoms with Gasteiger partial charge in [-0.05, 0) is 52.9 Å². The molecule has 88 valence electrons. The minimum atomic E-state index is -0.865. The number of rotatable bonds is 4. The highest BCUT2D eigenvalue weighted by molar-refractivity contribution is 14.1. The van der Waals surface area contributed by atoms with E-state index in [1.54, 1.807) is 6.07 Å². The van der Waals surface area contributed by atoms with Crippen LogP contribution in [0.15, 0.2) is 36.4 Å². The molecular formula is C12H10INO2S. The van der Waals surface area contributed by atoms with Crippen LogP contribution in [0.1, 0.15) is 14.5 Å². The van der Waals surface area contributed by atoms with Crippen LogP contribution in [0, 0.1) is 3.57 Å². The molecule has 2 aromatic rings. The van der Waals surface area contributed by atoms with Gasteiger partial charge in [0.25, 0.3) is 0 Å². The number of hydrogen-bond acceptors (Lipinski definition) is 3. The predicted octanol–water partition coefficient (Wildman–Crippen LogP) is 3.66. The minimum Gasteiger partial charge on any atom is -0.477 e. The van der Waals surface area contributed by atoms with E-state index in [9.17, 15) is 4.79 Å². The Morgan fingerprint density at radius 3 is 2.82 bits per heavy atom. The maximum absolute atomic E-state index is 10.7. The van der Waals surface area contributed by atoms with Crippen molar-refractivity contribution < 1.29 is 9.90 Å². The number of anilines is 1.